The van der Waals surface area contributed by atoms with Crippen molar-refractivity contribution in [3.05, 3.63) is 63.1 Å². The molecule has 0 aliphatic heterocycles. The lowest BCUT2D eigenvalue weighted by Crippen LogP contribution is -2.13. The van der Waals surface area contributed by atoms with Crippen LogP contribution >= 0.6 is 27.5 Å². The van der Waals surface area contributed by atoms with Crippen LogP contribution in [0, 0.1) is 0 Å². The van der Waals surface area contributed by atoms with E-state index in [-0.39, 0.29) is 0 Å². The van der Waals surface area contributed by atoms with Gasteiger partial charge in [-0.25, -0.2) is 0 Å². The summed E-state index contributed by atoms with van der Waals surface area (Å²) in [5.41, 5.74) is 2.28. The second kappa shape index (κ2) is 7.67. The minimum absolute atomic E-state index is 0.685. The first-order valence-corrected chi connectivity index (χ1v) is 7.72. The van der Waals surface area contributed by atoms with Gasteiger partial charge in [0, 0.05) is 22.6 Å². The number of benzene rings is 2. The topological polar surface area (TPSA) is 21.3 Å². The zero-order chi connectivity index (χ0) is 14.4. The molecule has 0 saturated heterocycles. The van der Waals surface area contributed by atoms with Gasteiger partial charge < -0.3 is 10.1 Å². The van der Waals surface area contributed by atoms with Crippen LogP contribution in [0.5, 0.6) is 5.75 Å². The van der Waals surface area contributed by atoms with E-state index >= 15 is 0 Å². The highest BCUT2D eigenvalue weighted by Gasteiger charge is 2.01. The Balaban J connectivity index is 1.92. The van der Waals surface area contributed by atoms with Crippen LogP contribution in [0.1, 0.15) is 18.1 Å². The molecule has 0 fully saturated rings. The van der Waals surface area contributed by atoms with Crippen LogP contribution in [0.25, 0.3) is 0 Å². The van der Waals surface area contributed by atoms with E-state index in [0.29, 0.717) is 6.61 Å². The SMILES string of the molecule is CCOc1cccc(CNCc2cc(Br)ccc2Cl)c1. The molecule has 0 unspecified atom stereocenters. The minimum Gasteiger partial charge on any atom is -0.494 e. The fourth-order valence-corrected chi connectivity index (χ4v) is 2.53. The molecule has 2 aromatic rings. The number of halogens is 2. The molecule has 2 rings (SSSR count). The molecule has 0 radical (unpaired) electrons. The van der Waals surface area contributed by atoms with Gasteiger partial charge >= 0.3 is 0 Å². The molecule has 4 heteroatoms. The van der Waals surface area contributed by atoms with Crippen molar-refractivity contribution >= 4 is 27.5 Å². The van der Waals surface area contributed by atoms with Crippen LogP contribution in [-0.2, 0) is 13.1 Å². The van der Waals surface area contributed by atoms with Crippen molar-refractivity contribution in [3.63, 3.8) is 0 Å². The van der Waals surface area contributed by atoms with Gasteiger partial charge in [-0.3, -0.25) is 0 Å². The maximum Gasteiger partial charge on any atom is 0.119 e. The summed E-state index contributed by atoms with van der Waals surface area (Å²) < 4.78 is 6.53. The van der Waals surface area contributed by atoms with Gasteiger partial charge in [-0.15, -0.1) is 0 Å². The first kappa shape index (κ1) is 15.4. The molecule has 20 heavy (non-hydrogen) atoms. The van der Waals surface area contributed by atoms with Gasteiger partial charge in [-0.1, -0.05) is 39.7 Å². The van der Waals surface area contributed by atoms with E-state index in [9.17, 15) is 0 Å². The molecule has 2 nitrogen and oxygen atoms in total. The van der Waals surface area contributed by atoms with E-state index in [2.05, 4.69) is 33.4 Å². The molecule has 1 N–H and O–H groups in total. The van der Waals surface area contributed by atoms with Crippen LogP contribution in [0.4, 0.5) is 0 Å². The molecule has 2 aromatic carbocycles. The van der Waals surface area contributed by atoms with Gasteiger partial charge in [0.05, 0.1) is 6.61 Å². The van der Waals surface area contributed by atoms with E-state index in [1.807, 2.05) is 37.3 Å². The molecular weight excluding hydrogens is 338 g/mol. The summed E-state index contributed by atoms with van der Waals surface area (Å²) in [6, 6.07) is 14.0. The summed E-state index contributed by atoms with van der Waals surface area (Å²) in [6.45, 7) is 4.19. The molecule has 0 bridgehead atoms. The number of ether oxygens (including phenoxy) is 1. The van der Waals surface area contributed by atoms with Gasteiger partial charge in [0.25, 0.3) is 0 Å². The molecule has 0 atom stereocenters. The first-order chi connectivity index (χ1) is 9.69. The Morgan fingerprint density at radius 1 is 1.15 bits per heavy atom. The third-order valence-electron chi connectivity index (χ3n) is 2.86. The average Bonchev–Trinajstić information content (AvgIpc) is 2.43. The normalized spacial score (nSPS) is 10.6. The second-order valence-corrected chi connectivity index (χ2v) is 5.74. The Morgan fingerprint density at radius 2 is 2.00 bits per heavy atom. The highest BCUT2D eigenvalue weighted by molar-refractivity contribution is 9.10. The monoisotopic (exact) mass is 353 g/mol. The lowest BCUT2D eigenvalue weighted by Gasteiger charge is -2.09. The van der Waals surface area contributed by atoms with Crippen LogP contribution in [0.2, 0.25) is 5.02 Å². The molecule has 0 aliphatic rings. The van der Waals surface area contributed by atoms with Gasteiger partial charge in [-0.05, 0) is 48.4 Å². The molecular formula is C16H17BrClNO. The largest absolute Gasteiger partial charge is 0.494 e. The fraction of sp³-hybridized carbons (Fsp3) is 0.250. The summed E-state index contributed by atoms with van der Waals surface area (Å²) in [4.78, 5) is 0. The van der Waals surface area contributed by atoms with Crippen LogP contribution in [-0.4, -0.2) is 6.61 Å². The Bertz CT molecular complexity index is 574. The molecule has 0 saturated carbocycles. The van der Waals surface area contributed by atoms with Crippen molar-refractivity contribution in [1.82, 2.24) is 5.32 Å². The van der Waals surface area contributed by atoms with Crippen LogP contribution in [0.15, 0.2) is 46.9 Å². The summed E-state index contributed by atoms with van der Waals surface area (Å²) in [5, 5.41) is 4.18. The quantitative estimate of drug-likeness (QED) is 0.805. The predicted molar refractivity (Wildman–Crippen MR) is 87.3 cm³/mol. The number of nitrogens with one attached hydrogen (secondary N) is 1. The van der Waals surface area contributed by atoms with Crippen molar-refractivity contribution in [1.29, 1.82) is 0 Å². The Morgan fingerprint density at radius 3 is 2.80 bits per heavy atom. The summed E-state index contributed by atoms with van der Waals surface area (Å²) in [5.74, 6) is 0.910. The Labute approximate surface area is 133 Å². The molecule has 106 valence electrons. The van der Waals surface area contributed by atoms with E-state index in [1.165, 1.54) is 5.56 Å². The molecule has 0 aromatic heterocycles. The molecule has 0 amide bonds. The van der Waals surface area contributed by atoms with Gasteiger partial charge in [0.2, 0.25) is 0 Å². The number of hydrogen-bond donors (Lipinski definition) is 1. The van der Waals surface area contributed by atoms with Gasteiger partial charge in [-0.2, -0.15) is 0 Å². The van der Waals surface area contributed by atoms with E-state index in [0.717, 1.165) is 33.9 Å². The summed E-state index contributed by atoms with van der Waals surface area (Å²) in [7, 11) is 0. The third kappa shape index (κ3) is 4.51. The van der Waals surface area contributed by atoms with E-state index in [1.54, 1.807) is 0 Å². The standard InChI is InChI=1S/C16H17BrClNO/c1-2-20-15-5-3-4-12(8-15)10-19-11-13-9-14(17)6-7-16(13)18/h3-9,19H,2,10-11H2,1H3. The van der Waals surface area contributed by atoms with Crippen molar-refractivity contribution in [2.24, 2.45) is 0 Å². The van der Waals surface area contributed by atoms with Gasteiger partial charge in [0.1, 0.15) is 5.75 Å². The Kier molecular flexibility index (Phi) is 5.89. The minimum atomic E-state index is 0.685. The average molecular weight is 355 g/mol. The zero-order valence-corrected chi connectivity index (χ0v) is 13.7. The predicted octanol–water partition coefficient (Wildman–Crippen LogP) is 4.79. The van der Waals surface area contributed by atoms with E-state index in [4.69, 9.17) is 16.3 Å². The van der Waals surface area contributed by atoms with Crippen molar-refractivity contribution in [2.75, 3.05) is 6.61 Å². The molecule has 0 spiro atoms. The zero-order valence-electron chi connectivity index (χ0n) is 11.3. The summed E-state index contributed by atoms with van der Waals surface area (Å²) in [6.07, 6.45) is 0. The Hall–Kier alpha value is -1.03. The van der Waals surface area contributed by atoms with Crippen molar-refractivity contribution < 1.29 is 4.74 Å². The van der Waals surface area contributed by atoms with Crippen LogP contribution < -0.4 is 10.1 Å². The maximum absolute atomic E-state index is 6.16. The van der Waals surface area contributed by atoms with Crippen molar-refractivity contribution in [3.8, 4) is 5.75 Å². The molecule has 0 aliphatic carbocycles. The smallest absolute Gasteiger partial charge is 0.119 e. The number of rotatable bonds is 6. The lowest BCUT2D eigenvalue weighted by molar-refractivity contribution is 0.340. The first-order valence-electron chi connectivity index (χ1n) is 6.55. The highest BCUT2D eigenvalue weighted by atomic mass is 79.9. The summed E-state index contributed by atoms with van der Waals surface area (Å²) >= 11 is 9.62. The van der Waals surface area contributed by atoms with Crippen LogP contribution in [0.3, 0.4) is 0 Å². The van der Waals surface area contributed by atoms with E-state index < -0.39 is 0 Å². The lowest BCUT2D eigenvalue weighted by atomic mass is 10.2. The third-order valence-corrected chi connectivity index (χ3v) is 3.72. The molecule has 0 heterocycles. The maximum atomic E-state index is 6.16. The van der Waals surface area contributed by atoms with Crippen molar-refractivity contribution in [2.45, 2.75) is 20.0 Å². The fourth-order valence-electron chi connectivity index (χ4n) is 1.93. The van der Waals surface area contributed by atoms with Gasteiger partial charge in [0.15, 0.2) is 0 Å². The number of hydrogen-bond acceptors (Lipinski definition) is 2. The second-order valence-electron chi connectivity index (χ2n) is 4.42. The highest BCUT2D eigenvalue weighted by Crippen LogP contribution is 2.21.